The lowest BCUT2D eigenvalue weighted by Crippen LogP contribution is -1.85. The number of benzene rings is 5. The zero-order valence-electron chi connectivity index (χ0n) is 16.3. The number of halogens is 1. The molecule has 31 heavy (non-hydrogen) atoms. The molecule has 3 heterocycles. The molecule has 5 aromatic carbocycles. The van der Waals surface area contributed by atoms with Crippen molar-refractivity contribution >= 4 is 92.0 Å². The number of hydrogen-bond donors (Lipinski definition) is 0. The molecule has 0 radical (unpaired) electrons. The zero-order valence-corrected chi connectivity index (χ0v) is 17.9. The molecule has 144 valence electrons. The summed E-state index contributed by atoms with van der Waals surface area (Å²) in [5, 5.41) is 11.1. The molecule has 0 aliphatic carbocycles. The molecule has 0 amide bonds. The van der Waals surface area contributed by atoms with Crippen molar-refractivity contribution in [3.05, 3.63) is 90.0 Å². The SMILES string of the molecule is Clc1ccc2c3c1sc1cccc(c4cccc5c6cc7ccccc7cc6n2c45)c13. The van der Waals surface area contributed by atoms with E-state index in [9.17, 15) is 0 Å². The minimum absolute atomic E-state index is 0.829. The van der Waals surface area contributed by atoms with Gasteiger partial charge in [-0.25, -0.2) is 0 Å². The molecule has 0 aliphatic rings. The van der Waals surface area contributed by atoms with E-state index in [0.29, 0.717) is 0 Å². The summed E-state index contributed by atoms with van der Waals surface area (Å²) in [4.78, 5) is 0. The van der Waals surface area contributed by atoms with Crippen molar-refractivity contribution < 1.29 is 0 Å². The quantitative estimate of drug-likeness (QED) is 0.225. The first kappa shape index (κ1) is 16.4. The van der Waals surface area contributed by atoms with Crippen molar-refractivity contribution in [3.63, 3.8) is 0 Å². The van der Waals surface area contributed by atoms with Gasteiger partial charge in [-0.05, 0) is 46.5 Å². The maximum Gasteiger partial charge on any atom is 0.0619 e. The topological polar surface area (TPSA) is 4.41 Å². The maximum atomic E-state index is 6.72. The third-order valence-corrected chi connectivity index (χ3v) is 8.38. The third-order valence-electron chi connectivity index (χ3n) is 6.76. The van der Waals surface area contributed by atoms with E-state index in [4.69, 9.17) is 11.6 Å². The van der Waals surface area contributed by atoms with Crippen molar-refractivity contribution in [3.8, 4) is 0 Å². The third kappa shape index (κ3) is 1.89. The number of hydrogen-bond acceptors (Lipinski definition) is 1. The van der Waals surface area contributed by atoms with Crippen LogP contribution in [0.2, 0.25) is 5.02 Å². The van der Waals surface area contributed by atoms with Gasteiger partial charge in [0.2, 0.25) is 0 Å². The molecular formula is C28H14ClNS. The Hall–Kier alpha value is -3.33. The summed E-state index contributed by atoms with van der Waals surface area (Å²) in [6.45, 7) is 0. The lowest BCUT2D eigenvalue weighted by Gasteiger charge is -2.03. The Bertz CT molecular complexity index is 2010. The molecule has 0 saturated heterocycles. The molecule has 8 aromatic rings. The Morgan fingerprint density at radius 2 is 1.35 bits per heavy atom. The van der Waals surface area contributed by atoms with Gasteiger partial charge < -0.3 is 4.40 Å². The van der Waals surface area contributed by atoms with E-state index in [2.05, 4.69) is 89.3 Å². The van der Waals surface area contributed by atoms with Crippen LogP contribution in [0, 0.1) is 0 Å². The first-order valence-corrected chi connectivity index (χ1v) is 11.6. The fourth-order valence-electron chi connectivity index (χ4n) is 5.50. The van der Waals surface area contributed by atoms with Gasteiger partial charge in [0.05, 0.1) is 26.3 Å². The number of fused-ring (bicyclic) bond motifs is 6. The predicted octanol–water partition coefficient (Wildman–Crippen LogP) is 9.01. The van der Waals surface area contributed by atoms with Gasteiger partial charge in [-0.15, -0.1) is 11.3 Å². The van der Waals surface area contributed by atoms with Gasteiger partial charge in [-0.2, -0.15) is 0 Å². The highest BCUT2D eigenvalue weighted by Gasteiger charge is 2.20. The number of thiophene rings is 1. The van der Waals surface area contributed by atoms with E-state index in [-0.39, 0.29) is 0 Å². The number of rotatable bonds is 0. The standard InChI is InChI=1S/C28H14ClNS/c29-21-11-12-22-26-25-17(7-4-10-24(25)31-28(21)26)18-8-3-9-19-20-13-15-5-1-2-6-16(15)14-23(20)30(22)27(18)19/h1-14H. The van der Waals surface area contributed by atoms with E-state index < -0.39 is 0 Å². The van der Waals surface area contributed by atoms with Crippen LogP contribution >= 0.6 is 22.9 Å². The second kappa shape index (κ2) is 5.47. The summed E-state index contributed by atoms with van der Waals surface area (Å²) in [7, 11) is 0. The zero-order chi connectivity index (χ0) is 20.3. The van der Waals surface area contributed by atoms with Crippen molar-refractivity contribution in [1.29, 1.82) is 0 Å². The molecule has 1 nitrogen and oxygen atoms in total. The first-order chi connectivity index (χ1) is 15.3. The largest absolute Gasteiger partial charge is 0.308 e. The molecule has 0 fully saturated rings. The van der Waals surface area contributed by atoms with Crippen molar-refractivity contribution in [1.82, 2.24) is 4.40 Å². The van der Waals surface area contributed by atoms with Gasteiger partial charge in [0, 0.05) is 31.6 Å². The van der Waals surface area contributed by atoms with Crippen molar-refractivity contribution in [2.45, 2.75) is 0 Å². The minimum Gasteiger partial charge on any atom is -0.308 e. The molecule has 3 heteroatoms. The van der Waals surface area contributed by atoms with Crippen LogP contribution in [0.1, 0.15) is 0 Å². The lowest BCUT2D eigenvalue weighted by atomic mass is 10.0. The van der Waals surface area contributed by atoms with Gasteiger partial charge in [-0.1, -0.05) is 66.2 Å². The summed E-state index contributed by atoms with van der Waals surface area (Å²) < 4.78 is 4.93. The Morgan fingerprint density at radius 3 is 2.23 bits per heavy atom. The Kier molecular flexibility index (Phi) is 2.89. The highest BCUT2D eigenvalue weighted by atomic mass is 35.5. The Labute approximate surface area is 186 Å². The fourth-order valence-corrected chi connectivity index (χ4v) is 6.93. The van der Waals surface area contributed by atoms with Gasteiger partial charge in [-0.3, -0.25) is 0 Å². The van der Waals surface area contributed by atoms with Crippen LogP contribution in [0.4, 0.5) is 0 Å². The lowest BCUT2D eigenvalue weighted by molar-refractivity contribution is 1.36. The van der Waals surface area contributed by atoms with Crippen LogP contribution < -0.4 is 0 Å². The summed E-state index contributed by atoms with van der Waals surface area (Å²) in [6.07, 6.45) is 0. The molecule has 0 atom stereocenters. The minimum atomic E-state index is 0.829. The second-order valence-electron chi connectivity index (χ2n) is 8.31. The summed E-state index contributed by atoms with van der Waals surface area (Å²) in [5.74, 6) is 0. The van der Waals surface area contributed by atoms with E-state index in [0.717, 1.165) is 5.02 Å². The van der Waals surface area contributed by atoms with Crippen LogP contribution in [-0.4, -0.2) is 4.40 Å². The average Bonchev–Trinajstić information content (AvgIpc) is 3.31. The molecule has 3 aromatic heterocycles. The van der Waals surface area contributed by atoms with Crippen LogP contribution in [0.25, 0.3) is 69.0 Å². The fraction of sp³-hybridized carbons (Fsp3) is 0. The highest BCUT2D eigenvalue weighted by Crippen LogP contribution is 2.47. The molecule has 0 unspecified atom stereocenters. The number of para-hydroxylation sites is 1. The van der Waals surface area contributed by atoms with Crippen LogP contribution in [-0.2, 0) is 0 Å². The molecule has 0 spiro atoms. The monoisotopic (exact) mass is 431 g/mol. The number of aromatic nitrogens is 1. The highest BCUT2D eigenvalue weighted by molar-refractivity contribution is 7.26. The van der Waals surface area contributed by atoms with Crippen molar-refractivity contribution in [2.75, 3.05) is 0 Å². The van der Waals surface area contributed by atoms with Crippen LogP contribution in [0.3, 0.4) is 0 Å². The Balaban J connectivity index is 1.85. The van der Waals surface area contributed by atoms with E-state index in [1.807, 2.05) is 0 Å². The van der Waals surface area contributed by atoms with Gasteiger partial charge in [0.25, 0.3) is 0 Å². The van der Waals surface area contributed by atoms with Crippen molar-refractivity contribution in [2.24, 2.45) is 0 Å². The predicted molar refractivity (Wildman–Crippen MR) is 137 cm³/mol. The molecule has 0 bridgehead atoms. The van der Waals surface area contributed by atoms with E-state index in [1.54, 1.807) is 11.3 Å². The molecular weight excluding hydrogens is 418 g/mol. The van der Waals surface area contributed by atoms with Gasteiger partial charge >= 0.3 is 0 Å². The Morgan fingerprint density at radius 1 is 0.613 bits per heavy atom. The molecule has 0 saturated carbocycles. The summed E-state index contributed by atoms with van der Waals surface area (Å²) >= 11 is 8.51. The molecule has 0 aliphatic heterocycles. The van der Waals surface area contributed by atoms with E-state index >= 15 is 0 Å². The van der Waals surface area contributed by atoms with Crippen LogP contribution in [0.5, 0.6) is 0 Å². The van der Waals surface area contributed by atoms with Gasteiger partial charge in [0.15, 0.2) is 0 Å². The second-order valence-corrected chi connectivity index (χ2v) is 9.76. The number of nitrogens with zero attached hydrogens (tertiary/aromatic N) is 1. The first-order valence-electron chi connectivity index (χ1n) is 10.4. The molecule has 8 rings (SSSR count). The van der Waals surface area contributed by atoms with Gasteiger partial charge in [0.1, 0.15) is 0 Å². The molecule has 0 N–H and O–H groups in total. The smallest absolute Gasteiger partial charge is 0.0619 e. The maximum absolute atomic E-state index is 6.72. The summed E-state index contributed by atoms with van der Waals surface area (Å²) in [5.41, 5.74) is 3.75. The summed E-state index contributed by atoms with van der Waals surface area (Å²) in [6, 6.07) is 30.9. The normalized spacial score (nSPS) is 12.7. The average molecular weight is 432 g/mol. The van der Waals surface area contributed by atoms with E-state index in [1.165, 1.54) is 69.0 Å². The van der Waals surface area contributed by atoms with Crippen LogP contribution in [0.15, 0.2) is 84.9 Å².